The highest BCUT2D eigenvalue weighted by Gasteiger charge is 1.88. The van der Waals surface area contributed by atoms with Gasteiger partial charge in [-0.3, -0.25) is 0 Å². The highest BCUT2D eigenvalue weighted by atomic mass is 16.3. The summed E-state index contributed by atoms with van der Waals surface area (Å²) >= 11 is 0. The molecule has 0 amide bonds. The fourth-order valence-electron chi connectivity index (χ4n) is 0.893. The van der Waals surface area contributed by atoms with Crippen LogP contribution in [-0.4, -0.2) is 22.9 Å². The van der Waals surface area contributed by atoms with Crippen molar-refractivity contribution in [1.29, 1.82) is 0 Å². The summed E-state index contributed by atoms with van der Waals surface area (Å²) in [5.41, 5.74) is 0. The number of hydrogen-bond donors (Lipinski definition) is 2. The summed E-state index contributed by atoms with van der Waals surface area (Å²) < 4.78 is 0. The molecule has 0 aliphatic rings. The summed E-state index contributed by atoms with van der Waals surface area (Å²) in [6.07, 6.45) is 3.81. The Kier molecular flexibility index (Phi) is 9.43. The highest BCUT2D eigenvalue weighted by molar-refractivity contribution is 5.19. The minimum Gasteiger partial charge on any atom is -0.395 e. The molecule has 2 N–H and O–H groups in total. The van der Waals surface area contributed by atoms with E-state index >= 15 is 0 Å². The van der Waals surface area contributed by atoms with Crippen molar-refractivity contribution in [2.45, 2.75) is 45.1 Å². The van der Waals surface area contributed by atoms with E-state index in [1.54, 1.807) is 0 Å². The van der Waals surface area contributed by atoms with Crippen LogP contribution in [0.3, 0.4) is 0 Å². The SMILES string of the molecule is CCCCCC#CC(O)C#CCCO. The molecule has 0 saturated heterocycles. The van der Waals surface area contributed by atoms with Crippen molar-refractivity contribution in [3.63, 3.8) is 0 Å². The van der Waals surface area contributed by atoms with Gasteiger partial charge >= 0.3 is 0 Å². The minimum absolute atomic E-state index is 0.0314. The topological polar surface area (TPSA) is 40.5 Å². The van der Waals surface area contributed by atoms with Crippen molar-refractivity contribution in [3.8, 4) is 23.7 Å². The molecule has 0 spiro atoms. The van der Waals surface area contributed by atoms with Gasteiger partial charge in [0.2, 0.25) is 0 Å². The quantitative estimate of drug-likeness (QED) is 0.523. The Bertz CT molecular complexity index is 237. The van der Waals surface area contributed by atoms with E-state index in [0.717, 1.165) is 12.8 Å². The molecular formula is C12H18O2. The minimum atomic E-state index is -0.858. The van der Waals surface area contributed by atoms with Crippen molar-refractivity contribution < 1.29 is 10.2 Å². The molecule has 0 aliphatic carbocycles. The van der Waals surface area contributed by atoms with Crippen molar-refractivity contribution in [2.75, 3.05) is 6.61 Å². The third-order valence-electron chi connectivity index (χ3n) is 1.62. The van der Waals surface area contributed by atoms with E-state index in [0.29, 0.717) is 6.42 Å². The van der Waals surface area contributed by atoms with Crippen LogP contribution >= 0.6 is 0 Å². The van der Waals surface area contributed by atoms with Gasteiger partial charge in [-0.25, -0.2) is 0 Å². The lowest BCUT2D eigenvalue weighted by atomic mass is 10.2. The van der Waals surface area contributed by atoms with E-state index in [-0.39, 0.29) is 6.61 Å². The lowest BCUT2D eigenvalue weighted by Gasteiger charge is -1.90. The Morgan fingerprint density at radius 2 is 1.71 bits per heavy atom. The largest absolute Gasteiger partial charge is 0.395 e. The number of aliphatic hydroxyl groups is 2. The second-order valence-electron chi connectivity index (χ2n) is 2.98. The fourth-order valence-corrected chi connectivity index (χ4v) is 0.893. The third kappa shape index (κ3) is 9.13. The van der Waals surface area contributed by atoms with Crippen LogP contribution in [0.25, 0.3) is 0 Å². The predicted octanol–water partition coefficient (Wildman–Crippen LogP) is 1.32. The van der Waals surface area contributed by atoms with Crippen LogP contribution in [0.1, 0.15) is 39.0 Å². The molecule has 14 heavy (non-hydrogen) atoms. The van der Waals surface area contributed by atoms with Gasteiger partial charge in [0, 0.05) is 12.8 Å². The average molecular weight is 194 g/mol. The van der Waals surface area contributed by atoms with Gasteiger partial charge in [-0.15, -0.1) is 0 Å². The van der Waals surface area contributed by atoms with Gasteiger partial charge in [-0.2, -0.15) is 0 Å². The Hall–Kier alpha value is -0.960. The number of unbranched alkanes of at least 4 members (excludes halogenated alkanes) is 3. The van der Waals surface area contributed by atoms with Gasteiger partial charge in [0.1, 0.15) is 0 Å². The van der Waals surface area contributed by atoms with Gasteiger partial charge in [0.15, 0.2) is 6.10 Å². The standard InChI is InChI=1S/C12H18O2/c1-2-3-4-5-6-9-12(14)10-7-8-11-13/h12-14H,2-5,8,11H2,1H3. The first-order valence-electron chi connectivity index (χ1n) is 5.07. The smallest absolute Gasteiger partial charge is 0.176 e. The van der Waals surface area contributed by atoms with Crippen LogP contribution in [0.15, 0.2) is 0 Å². The van der Waals surface area contributed by atoms with E-state index in [4.69, 9.17) is 5.11 Å². The predicted molar refractivity (Wildman–Crippen MR) is 57.4 cm³/mol. The summed E-state index contributed by atoms with van der Waals surface area (Å²) in [5, 5.41) is 17.6. The van der Waals surface area contributed by atoms with E-state index < -0.39 is 6.10 Å². The lowest BCUT2D eigenvalue weighted by molar-refractivity contribution is 0.288. The molecular weight excluding hydrogens is 176 g/mol. The molecule has 0 aromatic rings. The first-order valence-corrected chi connectivity index (χ1v) is 5.07. The average Bonchev–Trinajstić information content (AvgIpc) is 2.18. The van der Waals surface area contributed by atoms with Gasteiger partial charge in [-0.05, 0) is 6.42 Å². The lowest BCUT2D eigenvalue weighted by Crippen LogP contribution is -1.97. The Morgan fingerprint density at radius 3 is 2.29 bits per heavy atom. The second kappa shape index (κ2) is 10.1. The Balaban J connectivity index is 3.60. The summed E-state index contributed by atoms with van der Waals surface area (Å²) in [5.74, 6) is 10.7. The first kappa shape index (κ1) is 13.0. The van der Waals surface area contributed by atoms with Crippen LogP contribution in [0, 0.1) is 23.7 Å². The highest BCUT2D eigenvalue weighted by Crippen LogP contribution is 1.96. The summed E-state index contributed by atoms with van der Waals surface area (Å²) in [6.45, 7) is 2.17. The van der Waals surface area contributed by atoms with Crippen LogP contribution in [0.2, 0.25) is 0 Å². The Labute approximate surface area is 86.3 Å². The van der Waals surface area contributed by atoms with Crippen molar-refractivity contribution >= 4 is 0 Å². The van der Waals surface area contributed by atoms with Gasteiger partial charge < -0.3 is 10.2 Å². The van der Waals surface area contributed by atoms with E-state index in [2.05, 4.69) is 30.6 Å². The van der Waals surface area contributed by atoms with Crippen LogP contribution < -0.4 is 0 Å². The molecule has 0 aliphatic heterocycles. The van der Waals surface area contributed by atoms with Crippen molar-refractivity contribution in [1.82, 2.24) is 0 Å². The van der Waals surface area contributed by atoms with Crippen LogP contribution in [0.5, 0.6) is 0 Å². The summed E-state index contributed by atoms with van der Waals surface area (Å²) in [6, 6.07) is 0. The maximum atomic E-state index is 9.20. The zero-order chi connectivity index (χ0) is 10.6. The normalized spacial score (nSPS) is 10.8. The molecule has 0 fully saturated rings. The monoisotopic (exact) mass is 194 g/mol. The molecule has 0 aromatic carbocycles. The zero-order valence-electron chi connectivity index (χ0n) is 8.71. The number of hydrogen-bond acceptors (Lipinski definition) is 2. The van der Waals surface area contributed by atoms with Crippen molar-refractivity contribution in [2.24, 2.45) is 0 Å². The summed E-state index contributed by atoms with van der Waals surface area (Å²) in [4.78, 5) is 0. The molecule has 0 heterocycles. The van der Waals surface area contributed by atoms with E-state index in [1.807, 2.05) is 0 Å². The molecule has 2 heteroatoms. The maximum Gasteiger partial charge on any atom is 0.176 e. The number of aliphatic hydroxyl groups excluding tert-OH is 2. The number of rotatable bonds is 4. The van der Waals surface area contributed by atoms with Gasteiger partial charge in [-0.1, -0.05) is 43.4 Å². The molecule has 2 nitrogen and oxygen atoms in total. The fraction of sp³-hybridized carbons (Fsp3) is 0.667. The van der Waals surface area contributed by atoms with E-state index in [9.17, 15) is 5.11 Å². The van der Waals surface area contributed by atoms with Crippen molar-refractivity contribution in [3.05, 3.63) is 0 Å². The first-order chi connectivity index (χ1) is 6.81. The molecule has 0 rings (SSSR count). The molecule has 1 atom stereocenters. The van der Waals surface area contributed by atoms with Gasteiger partial charge in [0.25, 0.3) is 0 Å². The Morgan fingerprint density at radius 1 is 1.07 bits per heavy atom. The molecule has 78 valence electrons. The maximum absolute atomic E-state index is 9.20. The summed E-state index contributed by atoms with van der Waals surface area (Å²) in [7, 11) is 0. The zero-order valence-corrected chi connectivity index (χ0v) is 8.71. The molecule has 0 saturated carbocycles. The molecule has 0 bridgehead atoms. The molecule has 1 unspecified atom stereocenters. The molecule has 0 radical (unpaired) electrons. The molecule has 0 aromatic heterocycles. The van der Waals surface area contributed by atoms with Gasteiger partial charge in [0.05, 0.1) is 6.61 Å². The van der Waals surface area contributed by atoms with E-state index in [1.165, 1.54) is 12.8 Å². The van der Waals surface area contributed by atoms with Crippen LogP contribution in [-0.2, 0) is 0 Å². The second-order valence-corrected chi connectivity index (χ2v) is 2.98. The van der Waals surface area contributed by atoms with Crippen LogP contribution in [0.4, 0.5) is 0 Å². The third-order valence-corrected chi connectivity index (χ3v) is 1.62.